The summed E-state index contributed by atoms with van der Waals surface area (Å²) in [6, 6.07) is -0.483. The van der Waals surface area contributed by atoms with Gasteiger partial charge in [0.1, 0.15) is 6.04 Å². The van der Waals surface area contributed by atoms with E-state index in [0.717, 1.165) is 0 Å². The molecule has 13 heavy (non-hydrogen) atoms. The van der Waals surface area contributed by atoms with Gasteiger partial charge in [-0.1, -0.05) is 0 Å². The van der Waals surface area contributed by atoms with Gasteiger partial charge < -0.3 is 20.3 Å². The molecule has 0 saturated heterocycles. The molecule has 0 aromatic rings. The van der Waals surface area contributed by atoms with E-state index in [9.17, 15) is 9.90 Å². The van der Waals surface area contributed by atoms with Crippen LogP contribution in [-0.4, -0.2) is 48.1 Å². The first-order valence-corrected chi connectivity index (χ1v) is 4.07. The number of hydrogen-bond acceptors (Lipinski definition) is 5. The molecule has 3 N–H and O–H groups in total. The molecule has 0 heterocycles. The van der Waals surface area contributed by atoms with Crippen molar-refractivity contribution in [2.24, 2.45) is 0 Å². The Balaban J connectivity index is 3.82. The van der Waals surface area contributed by atoms with E-state index in [2.05, 4.69) is 10.1 Å². The van der Waals surface area contributed by atoms with Crippen LogP contribution in [0.3, 0.4) is 0 Å². The number of ether oxygens (including phenoxy) is 1. The highest BCUT2D eigenvalue weighted by Crippen LogP contribution is 1.99. The van der Waals surface area contributed by atoms with Crippen LogP contribution in [0.1, 0.15) is 13.8 Å². The van der Waals surface area contributed by atoms with Crippen molar-refractivity contribution in [2.45, 2.75) is 25.5 Å². The Kier molecular flexibility index (Phi) is 4.90. The molecule has 0 fully saturated rings. The molecule has 0 aromatic heterocycles. The Morgan fingerprint density at radius 3 is 2.62 bits per heavy atom. The highest BCUT2D eigenvalue weighted by molar-refractivity contribution is 5.75. The molecule has 78 valence electrons. The van der Waals surface area contributed by atoms with Gasteiger partial charge in [0.15, 0.2) is 0 Å². The first-order chi connectivity index (χ1) is 5.93. The summed E-state index contributed by atoms with van der Waals surface area (Å²) in [6.45, 7) is 2.89. The van der Waals surface area contributed by atoms with E-state index in [0.29, 0.717) is 0 Å². The number of carbonyl (C=O) groups excluding carboxylic acids is 1. The first-order valence-electron chi connectivity index (χ1n) is 4.07. The topological polar surface area (TPSA) is 78.8 Å². The molecule has 2 atom stereocenters. The maximum absolute atomic E-state index is 10.9. The van der Waals surface area contributed by atoms with Crippen LogP contribution >= 0.6 is 0 Å². The van der Waals surface area contributed by atoms with E-state index in [1.165, 1.54) is 14.0 Å². The third-order valence-corrected chi connectivity index (χ3v) is 1.68. The van der Waals surface area contributed by atoms with Crippen LogP contribution in [0.2, 0.25) is 0 Å². The highest BCUT2D eigenvalue weighted by Gasteiger charge is 2.21. The monoisotopic (exact) mass is 191 g/mol. The number of rotatable bonds is 5. The largest absolute Gasteiger partial charge is 0.468 e. The maximum atomic E-state index is 10.9. The smallest absolute Gasteiger partial charge is 0.322 e. The Hall–Kier alpha value is -0.650. The summed E-state index contributed by atoms with van der Waals surface area (Å²) in [5.74, 6) is -0.395. The van der Waals surface area contributed by atoms with Crippen molar-refractivity contribution >= 4 is 5.97 Å². The summed E-state index contributed by atoms with van der Waals surface area (Å²) >= 11 is 0. The van der Waals surface area contributed by atoms with Crippen LogP contribution < -0.4 is 5.32 Å². The van der Waals surface area contributed by atoms with Gasteiger partial charge in [-0.15, -0.1) is 0 Å². The van der Waals surface area contributed by atoms with Crippen LogP contribution in [0.25, 0.3) is 0 Å². The Labute approximate surface area is 77.7 Å². The summed E-state index contributed by atoms with van der Waals surface area (Å²) in [5.41, 5.74) is -1.21. The molecule has 0 aliphatic rings. The lowest BCUT2D eigenvalue weighted by atomic mass is 10.1. The fourth-order valence-electron chi connectivity index (χ4n) is 0.689. The molecule has 0 radical (unpaired) electrons. The van der Waals surface area contributed by atoms with Gasteiger partial charge in [-0.25, -0.2) is 0 Å². The third-order valence-electron chi connectivity index (χ3n) is 1.68. The van der Waals surface area contributed by atoms with Gasteiger partial charge >= 0.3 is 5.97 Å². The minimum atomic E-state index is -1.21. The number of methoxy groups -OCH3 is 1. The van der Waals surface area contributed by atoms with Crippen molar-refractivity contribution in [3.05, 3.63) is 0 Å². The first kappa shape index (κ1) is 12.3. The maximum Gasteiger partial charge on any atom is 0.322 e. The number of aliphatic hydroxyl groups excluding tert-OH is 1. The second-order valence-electron chi connectivity index (χ2n) is 3.28. The van der Waals surface area contributed by atoms with Gasteiger partial charge in [0.05, 0.1) is 19.3 Å². The van der Waals surface area contributed by atoms with Crippen LogP contribution in [0.15, 0.2) is 0 Å². The predicted molar refractivity (Wildman–Crippen MR) is 47.2 cm³/mol. The average Bonchev–Trinajstić information content (AvgIpc) is 2.13. The molecule has 5 nitrogen and oxygen atoms in total. The molecule has 2 unspecified atom stereocenters. The van der Waals surface area contributed by atoms with Gasteiger partial charge in [-0.2, -0.15) is 0 Å². The van der Waals surface area contributed by atoms with Crippen molar-refractivity contribution in [2.75, 3.05) is 20.3 Å². The van der Waals surface area contributed by atoms with E-state index >= 15 is 0 Å². The molecular formula is C8H17NO4. The summed E-state index contributed by atoms with van der Waals surface area (Å²) in [4.78, 5) is 10.9. The average molecular weight is 191 g/mol. The second-order valence-corrected chi connectivity index (χ2v) is 3.28. The summed E-state index contributed by atoms with van der Waals surface area (Å²) in [7, 11) is 1.30. The quantitative estimate of drug-likeness (QED) is 0.480. The third kappa shape index (κ3) is 4.82. The standard InChI is InChI=1S/C8H17NO4/c1-6(7(11)13-3)9-4-8(2,12)5-10/h6,9-10,12H,4-5H2,1-3H3. The highest BCUT2D eigenvalue weighted by atomic mass is 16.5. The summed E-state index contributed by atoms with van der Waals surface area (Å²) in [5, 5.41) is 20.8. The van der Waals surface area contributed by atoms with E-state index in [1.807, 2.05) is 0 Å². The molecule has 0 amide bonds. The summed E-state index contributed by atoms with van der Waals surface area (Å²) in [6.07, 6.45) is 0. The van der Waals surface area contributed by atoms with Crippen LogP contribution in [0.4, 0.5) is 0 Å². The number of esters is 1. The van der Waals surface area contributed by atoms with Gasteiger partial charge in [0.2, 0.25) is 0 Å². The lowest BCUT2D eigenvalue weighted by molar-refractivity contribution is -0.142. The Morgan fingerprint density at radius 2 is 2.23 bits per heavy atom. The van der Waals surface area contributed by atoms with Gasteiger partial charge in [0, 0.05) is 6.54 Å². The molecule has 0 spiro atoms. The minimum absolute atomic E-state index is 0.139. The SMILES string of the molecule is COC(=O)C(C)NCC(C)(O)CO. The molecular weight excluding hydrogens is 174 g/mol. The Bertz CT molecular complexity index is 170. The van der Waals surface area contributed by atoms with Crippen molar-refractivity contribution in [1.29, 1.82) is 0 Å². The van der Waals surface area contributed by atoms with Crippen LogP contribution in [0, 0.1) is 0 Å². The Morgan fingerprint density at radius 1 is 1.69 bits per heavy atom. The molecule has 0 rings (SSSR count). The minimum Gasteiger partial charge on any atom is -0.468 e. The normalized spacial score (nSPS) is 17.6. The van der Waals surface area contributed by atoms with E-state index in [-0.39, 0.29) is 13.2 Å². The number of nitrogens with one attached hydrogen (secondary N) is 1. The fourth-order valence-corrected chi connectivity index (χ4v) is 0.689. The number of carbonyl (C=O) groups is 1. The molecule has 0 aromatic carbocycles. The zero-order valence-corrected chi connectivity index (χ0v) is 8.20. The number of hydrogen-bond donors (Lipinski definition) is 3. The van der Waals surface area contributed by atoms with Crippen molar-refractivity contribution in [1.82, 2.24) is 5.32 Å². The predicted octanol–water partition coefficient (Wildman–Crippen LogP) is -1.12. The zero-order valence-electron chi connectivity index (χ0n) is 8.20. The summed E-state index contributed by atoms with van der Waals surface area (Å²) < 4.78 is 4.47. The molecule has 0 aliphatic carbocycles. The molecule has 0 bridgehead atoms. The zero-order chi connectivity index (χ0) is 10.5. The van der Waals surface area contributed by atoms with E-state index in [1.54, 1.807) is 6.92 Å². The molecule has 5 heteroatoms. The molecule has 0 aliphatic heterocycles. The van der Waals surface area contributed by atoms with Gasteiger partial charge in [-0.3, -0.25) is 4.79 Å². The number of aliphatic hydroxyl groups is 2. The lowest BCUT2D eigenvalue weighted by Gasteiger charge is -2.22. The van der Waals surface area contributed by atoms with E-state index in [4.69, 9.17) is 5.11 Å². The second kappa shape index (κ2) is 5.16. The lowest BCUT2D eigenvalue weighted by Crippen LogP contribution is -2.46. The van der Waals surface area contributed by atoms with Crippen LogP contribution in [0.5, 0.6) is 0 Å². The fraction of sp³-hybridized carbons (Fsp3) is 0.875. The van der Waals surface area contributed by atoms with Crippen molar-refractivity contribution < 1.29 is 19.7 Å². The van der Waals surface area contributed by atoms with Crippen molar-refractivity contribution in [3.8, 4) is 0 Å². The van der Waals surface area contributed by atoms with Gasteiger partial charge in [-0.05, 0) is 13.8 Å². The molecule has 0 saturated carbocycles. The van der Waals surface area contributed by atoms with Crippen molar-refractivity contribution in [3.63, 3.8) is 0 Å². The van der Waals surface area contributed by atoms with E-state index < -0.39 is 17.6 Å². The van der Waals surface area contributed by atoms with Crippen LogP contribution in [-0.2, 0) is 9.53 Å². The van der Waals surface area contributed by atoms with Gasteiger partial charge in [0.25, 0.3) is 0 Å².